The average Bonchev–Trinajstić information content (AvgIpc) is 3.34. The van der Waals surface area contributed by atoms with Crippen LogP contribution in [0.4, 0.5) is 0 Å². The van der Waals surface area contributed by atoms with Crippen LogP contribution in [0, 0.1) is 52.3 Å². The third-order valence-electron chi connectivity index (χ3n) is 13.7. The quantitative estimate of drug-likeness (QED) is 0.248. The number of aliphatic carboxylic acids is 1. The number of hydrogen-bond donors (Lipinski definition) is 1. The molecular weight excluding hydrogens is 580 g/mol. The summed E-state index contributed by atoms with van der Waals surface area (Å²) in [5.41, 5.74) is -0.466. The minimum atomic E-state index is -1.01. The lowest BCUT2D eigenvalue weighted by Crippen LogP contribution is -2.65. The number of rotatable bonds is 6. The minimum Gasteiger partial charge on any atom is -0.481 e. The molecule has 0 aromatic carbocycles. The molecule has 1 N–H and O–H groups in total. The van der Waals surface area contributed by atoms with E-state index in [4.69, 9.17) is 29.0 Å². The fourth-order valence-electron chi connectivity index (χ4n) is 11.2. The molecule has 6 rings (SSSR count). The van der Waals surface area contributed by atoms with Gasteiger partial charge in [0.05, 0.1) is 0 Å². The fraction of sp³-hybridized carbons (Fsp3) is 0.914. The van der Waals surface area contributed by atoms with Gasteiger partial charge in [-0.1, -0.05) is 27.7 Å². The van der Waals surface area contributed by atoms with Crippen molar-refractivity contribution in [3.05, 3.63) is 0 Å². The Kier molecular flexibility index (Phi) is 8.88. The second-order valence-electron chi connectivity index (χ2n) is 16.2. The van der Waals surface area contributed by atoms with E-state index in [0.29, 0.717) is 38.0 Å². The van der Waals surface area contributed by atoms with E-state index in [9.17, 15) is 19.5 Å². The number of carbonyl (C=O) groups is 3. The summed E-state index contributed by atoms with van der Waals surface area (Å²) in [5, 5.41) is 9.40. The van der Waals surface area contributed by atoms with Gasteiger partial charge in [-0.3, -0.25) is 14.4 Å². The molecule has 5 saturated carbocycles. The first kappa shape index (κ1) is 33.2. The Bertz CT molecular complexity index is 1140. The van der Waals surface area contributed by atoms with Crippen LogP contribution < -0.4 is 0 Å². The Morgan fingerprint density at radius 1 is 0.844 bits per heavy atom. The van der Waals surface area contributed by atoms with E-state index in [2.05, 4.69) is 27.7 Å². The molecule has 0 radical (unpaired) electrons. The van der Waals surface area contributed by atoms with Gasteiger partial charge >= 0.3 is 17.9 Å². The van der Waals surface area contributed by atoms with Gasteiger partial charge in [0, 0.05) is 57.3 Å². The Balaban J connectivity index is 1.28. The van der Waals surface area contributed by atoms with Crippen LogP contribution >= 0.6 is 0 Å². The van der Waals surface area contributed by atoms with Gasteiger partial charge in [0.1, 0.15) is 12.2 Å². The van der Waals surface area contributed by atoms with Gasteiger partial charge < -0.3 is 14.6 Å². The summed E-state index contributed by atoms with van der Waals surface area (Å²) in [6.07, 6.45) is 8.84. The van der Waals surface area contributed by atoms with Crippen molar-refractivity contribution in [3.63, 3.8) is 0 Å². The van der Waals surface area contributed by atoms with Crippen LogP contribution in [-0.4, -0.2) is 46.8 Å². The second kappa shape index (κ2) is 12.0. The summed E-state index contributed by atoms with van der Waals surface area (Å²) in [6, 6.07) is 0. The molecule has 1 aliphatic heterocycles. The maximum Gasteiger partial charge on any atom is 0.303 e. The Labute approximate surface area is 267 Å². The van der Waals surface area contributed by atoms with Crippen molar-refractivity contribution >= 4 is 17.9 Å². The van der Waals surface area contributed by atoms with Crippen molar-refractivity contribution in [3.8, 4) is 0 Å². The Hall–Kier alpha value is -1.75. The van der Waals surface area contributed by atoms with Gasteiger partial charge in [-0.2, -0.15) is 19.6 Å². The predicted molar refractivity (Wildman–Crippen MR) is 161 cm³/mol. The zero-order valence-corrected chi connectivity index (χ0v) is 28.0. The Morgan fingerprint density at radius 2 is 1.49 bits per heavy atom. The van der Waals surface area contributed by atoms with Crippen molar-refractivity contribution in [1.29, 1.82) is 0 Å². The summed E-state index contributed by atoms with van der Waals surface area (Å²) >= 11 is 0. The molecule has 1 saturated heterocycles. The highest BCUT2D eigenvalue weighted by Crippen LogP contribution is 2.70. The smallest absolute Gasteiger partial charge is 0.303 e. The largest absolute Gasteiger partial charge is 0.481 e. The van der Waals surface area contributed by atoms with E-state index in [1.807, 2.05) is 0 Å². The number of ether oxygens (including phenoxy) is 2. The van der Waals surface area contributed by atoms with Crippen LogP contribution in [-0.2, 0) is 43.4 Å². The molecule has 10 atom stereocenters. The zero-order chi connectivity index (χ0) is 32.4. The van der Waals surface area contributed by atoms with Gasteiger partial charge in [-0.05, 0) is 92.3 Å². The highest BCUT2D eigenvalue weighted by Gasteiger charge is 2.69. The number of esters is 2. The summed E-state index contributed by atoms with van der Waals surface area (Å²) in [4.78, 5) is 61.0. The van der Waals surface area contributed by atoms with Crippen LogP contribution in [0.2, 0.25) is 0 Å². The molecule has 6 fully saturated rings. The predicted octanol–water partition coefficient (Wildman–Crippen LogP) is 6.74. The van der Waals surface area contributed by atoms with Gasteiger partial charge in [-0.25, -0.2) is 0 Å². The summed E-state index contributed by atoms with van der Waals surface area (Å²) in [7, 11) is 0. The number of carboxylic acids is 1. The molecule has 45 heavy (non-hydrogen) atoms. The van der Waals surface area contributed by atoms with E-state index in [1.54, 1.807) is 0 Å². The number of fused-ring (bicyclic) bond motifs is 5. The minimum absolute atomic E-state index is 0.110. The van der Waals surface area contributed by atoms with Crippen LogP contribution in [0.5, 0.6) is 0 Å². The van der Waals surface area contributed by atoms with E-state index in [-0.39, 0.29) is 76.9 Å². The van der Waals surface area contributed by atoms with Crippen molar-refractivity contribution in [2.24, 2.45) is 52.3 Å². The maximum absolute atomic E-state index is 12.6. The average molecular weight is 635 g/mol. The van der Waals surface area contributed by atoms with E-state index < -0.39 is 17.5 Å². The van der Waals surface area contributed by atoms with Crippen LogP contribution in [0.1, 0.15) is 125 Å². The lowest BCUT2D eigenvalue weighted by atomic mass is 9.42. The zero-order valence-electron chi connectivity index (χ0n) is 28.0. The number of carboxylic acid groups (broad SMARTS) is 1. The highest BCUT2D eigenvalue weighted by molar-refractivity contribution is 5.67. The summed E-state index contributed by atoms with van der Waals surface area (Å²) < 4.78 is 12.4. The van der Waals surface area contributed by atoms with E-state index >= 15 is 0 Å². The number of carbonyl (C=O) groups excluding carboxylic acids is 2. The molecule has 0 aromatic rings. The van der Waals surface area contributed by atoms with Gasteiger partial charge in [0.2, 0.25) is 11.6 Å². The lowest BCUT2D eigenvalue weighted by Gasteiger charge is -2.65. The van der Waals surface area contributed by atoms with Gasteiger partial charge in [-0.15, -0.1) is 0 Å². The number of hydrogen-bond acceptors (Lipinski definition) is 9. The van der Waals surface area contributed by atoms with Gasteiger partial charge in [0.25, 0.3) is 0 Å². The highest BCUT2D eigenvalue weighted by atomic mass is 17.4. The van der Waals surface area contributed by atoms with Crippen LogP contribution in [0.15, 0.2) is 0 Å². The topological polar surface area (TPSA) is 127 Å². The third kappa shape index (κ3) is 5.84. The molecule has 2 spiro atoms. The molecule has 254 valence electrons. The van der Waals surface area contributed by atoms with Crippen molar-refractivity contribution in [1.82, 2.24) is 0 Å². The maximum atomic E-state index is 12.6. The molecule has 10 nitrogen and oxygen atoms in total. The van der Waals surface area contributed by atoms with Crippen molar-refractivity contribution in [2.75, 3.05) is 0 Å². The lowest BCUT2D eigenvalue weighted by molar-refractivity contribution is -0.665. The molecule has 2 unspecified atom stereocenters. The van der Waals surface area contributed by atoms with Crippen LogP contribution in [0.3, 0.4) is 0 Å². The molecule has 6 aliphatic rings. The first-order valence-corrected chi connectivity index (χ1v) is 17.5. The Morgan fingerprint density at radius 3 is 2.11 bits per heavy atom. The monoisotopic (exact) mass is 634 g/mol. The first-order valence-electron chi connectivity index (χ1n) is 17.5. The molecule has 1 heterocycles. The van der Waals surface area contributed by atoms with Crippen LogP contribution in [0.25, 0.3) is 0 Å². The molecule has 0 bridgehead atoms. The molecular formula is C35H54O10. The van der Waals surface area contributed by atoms with Crippen molar-refractivity contribution in [2.45, 2.75) is 149 Å². The third-order valence-corrected chi connectivity index (χ3v) is 13.7. The van der Waals surface area contributed by atoms with Crippen molar-refractivity contribution < 1.29 is 48.5 Å². The standard InChI is InChI=1S/C35H54O10/c1-20-11-13-34(14-12-20)42-44-35(45-43-34)16-15-32(5)24(19-35)17-28(40-22(3)36)31-26-9-8-25(21(2)7-10-30(38)39)33(26,6)29(18-27(31)32)41-23(4)37/h20-21,24-29,31H,7-19H2,1-6H3,(H,38,39)/t20?,21?,24-,25?,26+,27+,28-,29+,31+,32+,33-,34?,35?/m1/s1. The SMILES string of the molecule is CC(=O)O[C@H]1C[C@H]2[C@@H]([C@H](OC(C)=O)C[C@@H]3CC4(CC[C@@]32C)OOC2(CCC(C)CC2)OO4)[C@@H]2CCC(C(C)CCC(=O)O)[C@@]12C. The first-order chi connectivity index (χ1) is 21.2. The fourth-order valence-corrected chi connectivity index (χ4v) is 11.2. The molecule has 5 aliphatic carbocycles. The summed E-state index contributed by atoms with van der Waals surface area (Å²) in [6.45, 7) is 12.0. The van der Waals surface area contributed by atoms with Gasteiger partial charge in [0.15, 0.2) is 0 Å². The van der Waals surface area contributed by atoms with E-state index in [1.165, 1.54) is 13.8 Å². The molecule has 0 amide bonds. The molecule has 0 aromatic heterocycles. The summed E-state index contributed by atoms with van der Waals surface area (Å²) in [5.74, 6) is -1.66. The molecule has 10 heteroatoms. The van der Waals surface area contributed by atoms with E-state index in [0.717, 1.165) is 44.9 Å². The normalized spacial score (nSPS) is 48.1. The second-order valence-corrected chi connectivity index (χ2v) is 16.2.